The standard InChI is InChI=1S/C18H14IN3OS/c19-15-7-3-1-6-14(15)11-20-22-17(23)12-24-18-10-9-13-5-2-4-8-16(13)21-18/h1-11H,12H2,(H,22,23). The van der Waals surface area contributed by atoms with Crippen LogP contribution in [0.1, 0.15) is 5.56 Å². The molecule has 6 heteroatoms. The van der Waals surface area contributed by atoms with Gasteiger partial charge in [0.15, 0.2) is 0 Å². The van der Waals surface area contributed by atoms with Gasteiger partial charge in [-0.1, -0.05) is 54.2 Å². The van der Waals surface area contributed by atoms with Crippen molar-refractivity contribution in [3.8, 4) is 0 Å². The number of hydrogen-bond acceptors (Lipinski definition) is 4. The Labute approximate surface area is 157 Å². The van der Waals surface area contributed by atoms with Crippen molar-refractivity contribution in [3.05, 3.63) is 69.8 Å². The van der Waals surface area contributed by atoms with Gasteiger partial charge in [0.2, 0.25) is 5.91 Å². The molecule has 0 saturated heterocycles. The fourth-order valence-electron chi connectivity index (χ4n) is 2.05. The summed E-state index contributed by atoms with van der Waals surface area (Å²) in [6, 6.07) is 19.7. The van der Waals surface area contributed by atoms with Crippen LogP contribution in [0.5, 0.6) is 0 Å². The minimum Gasteiger partial charge on any atom is -0.272 e. The first-order valence-electron chi connectivity index (χ1n) is 7.27. The van der Waals surface area contributed by atoms with Gasteiger partial charge >= 0.3 is 0 Å². The van der Waals surface area contributed by atoms with Crippen LogP contribution in [-0.4, -0.2) is 22.9 Å². The van der Waals surface area contributed by atoms with E-state index in [1.165, 1.54) is 11.8 Å². The van der Waals surface area contributed by atoms with Crippen molar-refractivity contribution in [3.63, 3.8) is 0 Å². The number of carbonyl (C=O) groups is 1. The summed E-state index contributed by atoms with van der Waals surface area (Å²) in [6.07, 6.45) is 1.65. The molecule has 3 aromatic rings. The zero-order valence-electron chi connectivity index (χ0n) is 12.6. The van der Waals surface area contributed by atoms with Crippen molar-refractivity contribution in [1.29, 1.82) is 0 Å². The summed E-state index contributed by atoms with van der Waals surface area (Å²) in [5.74, 6) is 0.117. The van der Waals surface area contributed by atoms with Gasteiger partial charge in [0.05, 0.1) is 22.5 Å². The van der Waals surface area contributed by atoms with Gasteiger partial charge in [0.1, 0.15) is 0 Å². The van der Waals surface area contributed by atoms with E-state index in [1.54, 1.807) is 6.21 Å². The van der Waals surface area contributed by atoms with Crippen molar-refractivity contribution >= 4 is 57.4 Å². The van der Waals surface area contributed by atoms with Gasteiger partial charge in [-0.3, -0.25) is 4.79 Å². The normalized spacial score (nSPS) is 11.0. The molecule has 1 heterocycles. The van der Waals surface area contributed by atoms with Crippen LogP contribution < -0.4 is 5.43 Å². The topological polar surface area (TPSA) is 54.4 Å². The molecule has 0 atom stereocenters. The van der Waals surface area contributed by atoms with Crippen molar-refractivity contribution in [1.82, 2.24) is 10.4 Å². The monoisotopic (exact) mass is 447 g/mol. The maximum atomic E-state index is 11.9. The Morgan fingerprint density at radius 1 is 1.12 bits per heavy atom. The molecule has 0 fully saturated rings. The van der Waals surface area contributed by atoms with Crippen LogP contribution in [0, 0.1) is 3.57 Å². The second kappa shape index (κ2) is 8.25. The summed E-state index contributed by atoms with van der Waals surface area (Å²) < 4.78 is 1.09. The van der Waals surface area contributed by atoms with Crippen LogP contribution in [-0.2, 0) is 4.79 Å². The third-order valence-electron chi connectivity index (χ3n) is 3.22. The minimum absolute atomic E-state index is 0.155. The number of aromatic nitrogens is 1. The smallest absolute Gasteiger partial charge is 0.250 e. The predicted octanol–water partition coefficient (Wildman–Crippen LogP) is 4.08. The van der Waals surface area contributed by atoms with E-state index >= 15 is 0 Å². The van der Waals surface area contributed by atoms with Crippen LogP contribution in [0.2, 0.25) is 0 Å². The number of thioether (sulfide) groups is 1. The third kappa shape index (κ3) is 4.55. The van der Waals surface area contributed by atoms with Crippen LogP contribution in [0.15, 0.2) is 70.8 Å². The molecular formula is C18H14IN3OS. The Morgan fingerprint density at radius 3 is 2.79 bits per heavy atom. The van der Waals surface area contributed by atoms with E-state index in [9.17, 15) is 4.79 Å². The Bertz CT molecular complexity index is 898. The summed E-state index contributed by atoms with van der Waals surface area (Å²) >= 11 is 3.63. The number of halogens is 1. The molecule has 0 spiro atoms. The molecular weight excluding hydrogens is 433 g/mol. The molecule has 3 rings (SSSR count). The number of pyridine rings is 1. The van der Waals surface area contributed by atoms with Crippen LogP contribution in [0.3, 0.4) is 0 Å². The lowest BCUT2D eigenvalue weighted by atomic mass is 10.2. The lowest BCUT2D eigenvalue weighted by Crippen LogP contribution is -2.19. The third-order valence-corrected chi connectivity index (χ3v) is 5.13. The average molecular weight is 447 g/mol. The number of rotatable bonds is 5. The highest BCUT2D eigenvalue weighted by Gasteiger charge is 2.04. The number of amides is 1. The first-order chi connectivity index (χ1) is 11.7. The van der Waals surface area contributed by atoms with E-state index < -0.39 is 0 Å². The summed E-state index contributed by atoms with van der Waals surface area (Å²) in [7, 11) is 0. The average Bonchev–Trinajstić information content (AvgIpc) is 2.61. The molecule has 0 radical (unpaired) electrons. The SMILES string of the molecule is O=C(CSc1ccc2ccccc2n1)NN=Cc1ccccc1I. The highest BCUT2D eigenvalue weighted by Crippen LogP contribution is 2.19. The number of carbonyl (C=O) groups excluding carboxylic acids is 1. The van der Waals surface area contributed by atoms with Crippen molar-refractivity contribution < 1.29 is 4.79 Å². The molecule has 0 aliphatic rings. The first kappa shape index (κ1) is 16.9. The van der Waals surface area contributed by atoms with Crippen molar-refractivity contribution in [2.45, 2.75) is 5.03 Å². The maximum Gasteiger partial charge on any atom is 0.250 e. The molecule has 2 aromatic carbocycles. The molecule has 0 unspecified atom stereocenters. The Kier molecular flexibility index (Phi) is 5.81. The lowest BCUT2D eigenvalue weighted by molar-refractivity contribution is -0.118. The molecule has 120 valence electrons. The zero-order valence-corrected chi connectivity index (χ0v) is 15.6. The van der Waals surface area contributed by atoms with Gasteiger partial charge in [0, 0.05) is 14.5 Å². The van der Waals surface area contributed by atoms with E-state index in [2.05, 4.69) is 38.1 Å². The van der Waals surface area contributed by atoms with Gasteiger partial charge in [-0.05, 0) is 40.8 Å². The quantitative estimate of drug-likeness (QED) is 0.278. The highest BCUT2D eigenvalue weighted by molar-refractivity contribution is 14.1. The van der Waals surface area contributed by atoms with Crippen LogP contribution in [0.4, 0.5) is 0 Å². The number of para-hydroxylation sites is 1. The van der Waals surface area contributed by atoms with Gasteiger partial charge < -0.3 is 0 Å². The lowest BCUT2D eigenvalue weighted by Gasteiger charge is -2.02. The minimum atomic E-state index is -0.155. The number of nitrogens with one attached hydrogen (secondary N) is 1. The Balaban J connectivity index is 1.54. The molecule has 24 heavy (non-hydrogen) atoms. The molecule has 4 nitrogen and oxygen atoms in total. The molecule has 0 saturated carbocycles. The fraction of sp³-hybridized carbons (Fsp3) is 0.0556. The van der Waals surface area contributed by atoms with Crippen LogP contribution in [0.25, 0.3) is 10.9 Å². The molecule has 0 bridgehead atoms. The summed E-state index contributed by atoms with van der Waals surface area (Å²) in [5, 5.41) is 5.92. The number of fused-ring (bicyclic) bond motifs is 1. The predicted molar refractivity (Wildman–Crippen MR) is 107 cm³/mol. The maximum absolute atomic E-state index is 11.9. The first-order valence-corrected chi connectivity index (χ1v) is 9.34. The van der Waals surface area contributed by atoms with E-state index in [-0.39, 0.29) is 11.7 Å². The van der Waals surface area contributed by atoms with E-state index in [4.69, 9.17) is 0 Å². The summed E-state index contributed by atoms with van der Waals surface area (Å²) in [6.45, 7) is 0. The van der Waals surface area contributed by atoms with Gasteiger partial charge in [-0.15, -0.1) is 0 Å². The molecule has 1 amide bonds. The zero-order chi connectivity index (χ0) is 16.8. The highest BCUT2D eigenvalue weighted by atomic mass is 127. The number of nitrogens with zero attached hydrogens (tertiary/aromatic N) is 2. The Hall–Kier alpha value is -1.93. The van der Waals surface area contributed by atoms with Gasteiger partial charge in [-0.2, -0.15) is 5.10 Å². The van der Waals surface area contributed by atoms with Crippen molar-refractivity contribution in [2.75, 3.05) is 5.75 Å². The second-order valence-electron chi connectivity index (χ2n) is 4.95. The Morgan fingerprint density at radius 2 is 1.92 bits per heavy atom. The van der Waals surface area contributed by atoms with Gasteiger partial charge in [0.25, 0.3) is 0 Å². The van der Waals surface area contributed by atoms with Gasteiger partial charge in [-0.25, -0.2) is 10.4 Å². The van der Waals surface area contributed by atoms with Crippen LogP contribution >= 0.6 is 34.4 Å². The summed E-state index contributed by atoms with van der Waals surface area (Å²) in [5.41, 5.74) is 4.45. The second-order valence-corrected chi connectivity index (χ2v) is 7.10. The number of benzene rings is 2. The van der Waals surface area contributed by atoms with Crippen molar-refractivity contribution in [2.24, 2.45) is 5.10 Å². The van der Waals surface area contributed by atoms with E-state index in [0.717, 1.165) is 25.1 Å². The van der Waals surface area contributed by atoms with E-state index in [0.29, 0.717) is 0 Å². The molecule has 0 aliphatic heterocycles. The number of hydrazone groups is 1. The molecule has 1 aromatic heterocycles. The molecule has 0 aliphatic carbocycles. The fourth-order valence-corrected chi connectivity index (χ4v) is 3.25. The summed E-state index contributed by atoms with van der Waals surface area (Å²) in [4.78, 5) is 16.4. The number of hydrogen-bond donors (Lipinski definition) is 1. The molecule has 1 N–H and O–H groups in total. The van der Waals surface area contributed by atoms with E-state index in [1.807, 2.05) is 60.7 Å². The largest absolute Gasteiger partial charge is 0.272 e.